The van der Waals surface area contributed by atoms with E-state index < -0.39 is 11.4 Å². The molecule has 0 spiro atoms. The number of aromatic nitrogens is 1. The Balaban J connectivity index is 2.01. The Kier molecular flexibility index (Phi) is 3.65. The zero-order valence-electron chi connectivity index (χ0n) is 9.65. The zero-order chi connectivity index (χ0) is 13.2. The molecule has 1 fully saturated rings. The lowest BCUT2D eigenvalue weighted by Crippen LogP contribution is -2.47. The Morgan fingerprint density at radius 3 is 2.72 bits per heavy atom. The van der Waals surface area contributed by atoms with E-state index in [9.17, 15) is 9.59 Å². The molecule has 0 saturated heterocycles. The Labute approximate surface area is 113 Å². The minimum Gasteiger partial charge on any atom is -0.481 e. The van der Waals surface area contributed by atoms with Crippen LogP contribution in [0.1, 0.15) is 29.6 Å². The molecule has 5 nitrogen and oxygen atoms in total. The summed E-state index contributed by atoms with van der Waals surface area (Å²) in [5, 5.41) is 11.8. The molecule has 0 radical (unpaired) electrons. The SMILES string of the molecule is O=C(NCC1(C(=O)O)CCC1)c1cccnc1Br. The number of carboxylic acids is 1. The third kappa shape index (κ3) is 2.38. The average molecular weight is 313 g/mol. The lowest BCUT2D eigenvalue weighted by atomic mass is 9.69. The van der Waals surface area contributed by atoms with Crippen LogP contribution < -0.4 is 5.32 Å². The highest BCUT2D eigenvalue weighted by atomic mass is 79.9. The van der Waals surface area contributed by atoms with Crippen LogP contribution in [0.3, 0.4) is 0 Å². The average Bonchev–Trinajstić information content (AvgIpc) is 2.27. The van der Waals surface area contributed by atoms with Crippen molar-refractivity contribution < 1.29 is 14.7 Å². The summed E-state index contributed by atoms with van der Waals surface area (Å²) in [4.78, 5) is 27.0. The van der Waals surface area contributed by atoms with Gasteiger partial charge in [0.25, 0.3) is 5.91 Å². The van der Waals surface area contributed by atoms with Crippen molar-refractivity contribution in [3.63, 3.8) is 0 Å². The highest BCUT2D eigenvalue weighted by Gasteiger charge is 2.44. The van der Waals surface area contributed by atoms with Crippen LogP contribution in [0.5, 0.6) is 0 Å². The first kappa shape index (κ1) is 13.0. The van der Waals surface area contributed by atoms with E-state index >= 15 is 0 Å². The molecule has 1 aromatic rings. The van der Waals surface area contributed by atoms with E-state index in [1.165, 1.54) is 0 Å². The summed E-state index contributed by atoms with van der Waals surface area (Å²) in [6.45, 7) is 0.169. The molecule has 18 heavy (non-hydrogen) atoms. The number of carbonyl (C=O) groups is 2. The van der Waals surface area contributed by atoms with E-state index in [0.717, 1.165) is 6.42 Å². The second kappa shape index (κ2) is 5.06. The molecule has 1 aliphatic rings. The second-order valence-electron chi connectivity index (χ2n) is 4.46. The van der Waals surface area contributed by atoms with Gasteiger partial charge in [0.05, 0.1) is 11.0 Å². The third-order valence-electron chi connectivity index (χ3n) is 3.36. The molecule has 0 aliphatic heterocycles. The molecule has 0 bridgehead atoms. The van der Waals surface area contributed by atoms with E-state index in [-0.39, 0.29) is 12.5 Å². The molecule has 96 valence electrons. The van der Waals surface area contributed by atoms with Gasteiger partial charge in [-0.25, -0.2) is 4.98 Å². The maximum atomic E-state index is 11.9. The van der Waals surface area contributed by atoms with Crippen molar-refractivity contribution >= 4 is 27.8 Å². The van der Waals surface area contributed by atoms with Crippen LogP contribution in [0.15, 0.2) is 22.9 Å². The van der Waals surface area contributed by atoms with Crippen LogP contribution in [0.4, 0.5) is 0 Å². The molecule has 6 heteroatoms. The Morgan fingerprint density at radius 2 is 2.22 bits per heavy atom. The van der Waals surface area contributed by atoms with Gasteiger partial charge in [-0.2, -0.15) is 0 Å². The number of amides is 1. The minimum atomic E-state index is -0.834. The van der Waals surface area contributed by atoms with E-state index in [4.69, 9.17) is 5.11 Å². The molecular formula is C12H13BrN2O3. The van der Waals surface area contributed by atoms with Gasteiger partial charge in [-0.15, -0.1) is 0 Å². The molecular weight excluding hydrogens is 300 g/mol. The van der Waals surface area contributed by atoms with Crippen molar-refractivity contribution in [1.29, 1.82) is 0 Å². The maximum absolute atomic E-state index is 11.9. The molecule has 0 atom stereocenters. The smallest absolute Gasteiger partial charge is 0.311 e. The van der Waals surface area contributed by atoms with Crippen LogP contribution >= 0.6 is 15.9 Å². The number of hydrogen-bond acceptors (Lipinski definition) is 3. The number of pyridine rings is 1. The molecule has 0 unspecified atom stereocenters. The summed E-state index contributed by atoms with van der Waals surface area (Å²) < 4.78 is 0.459. The first-order valence-electron chi connectivity index (χ1n) is 5.67. The van der Waals surface area contributed by atoms with Gasteiger partial charge in [-0.05, 0) is 40.9 Å². The van der Waals surface area contributed by atoms with Crippen molar-refractivity contribution in [1.82, 2.24) is 10.3 Å². The first-order chi connectivity index (χ1) is 8.55. The van der Waals surface area contributed by atoms with Crippen LogP contribution in [-0.4, -0.2) is 28.5 Å². The number of halogens is 1. The Hall–Kier alpha value is -1.43. The van der Waals surface area contributed by atoms with E-state index in [0.29, 0.717) is 23.0 Å². The van der Waals surface area contributed by atoms with Crippen molar-refractivity contribution in [3.8, 4) is 0 Å². The van der Waals surface area contributed by atoms with E-state index in [1.54, 1.807) is 18.3 Å². The number of hydrogen-bond donors (Lipinski definition) is 2. The van der Waals surface area contributed by atoms with E-state index in [1.807, 2.05) is 0 Å². The quantitative estimate of drug-likeness (QED) is 0.831. The third-order valence-corrected chi connectivity index (χ3v) is 3.99. The van der Waals surface area contributed by atoms with Crippen LogP contribution in [0.2, 0.25) is 0 Å². The molecule has 1 heterocycles. The van der Waals surface area contributed by atoms with Gasteiger partial charge in [0.2, 0.25) is 0 Å². The van der Waals surface area contributed by atoms with Gasteiger partial charge in [0.15, 0.2) is 0 Å². The predicted octanol–water partition coefficient (Wildman–Crippen LogP) is 1.83. The molecule has 1 aromatic heterocycles. The number of aliphatic carboxylic acids is 1. The summed E-state index contributed by atoms with van der Waals surface area (Å²) >= 11 is 3.19. The number of rotatable bonds is 4. The number of carbonyl (C=O) groups excluding carboxylic acids is 1. The largest absolute Gasteiger partial charge is 0.481 e. The number of nitrogens with zero attached hydrogens (tertiary/aromatic N) is 1. The fraction of sp³-hybridized carbons (Fsp3) is 0.417. The fourth-order valence-corrected chi connectivity index (χ4v) is 2.40. The highest BCUT2D eigenvalue weighted by Crippen LogP contribution is 2.40. The number of nitrogens with one attached hydrogen (secondary N) is 1. The van der Waals surface area contributed by atoms with Gasteiger partial charge in [-0.1, -0.05) is 6.42 Å². The summed E-state index contributed by atoms with van der Waals surface area (Å²) in [7, 11) is 0. The fourth-order valence-electron chi connectivity index (χ4n) is 1.97. The van der Waals surface area contributed by atoms with Crippen molar-refractivity contribution in [3.05, 3.63) is 28.5 Å². The zero-order valence-corrected chi connectivity index (χ0v) is 11.2. The summed E-state index contributed by atoms with van der Waals surface area (Å²) in [5.74, 6) is -1.14. The lowest BCUT2D eigenvalue weighted by Gasteiger charge is -2.37. The van der Waals surface area contributed by atoms with Crippen molar-refractivity contribution in [2.75, 3.05) is 6.54 Å². The monoisotopic (exact) mass is 312 g/mol. The second-order valence-corrected chi connectivity index (χ2v) is 5.21. The minimum absolute atomic E-state index is 0.169. The highest BCUT2D eigenvalue weighted by molar-refractivity contribution is 9.10. The first-order valence-corrected chi connectivity index (χ1v) is 6.47. The number of carboxylic acid groups (broad SMARTS) is 1. The Morgan fingerprint density at radius 1 is 1.50 bits per heavy atom. The summed E-state index contributed by atoms with van der Waals surface area (Å²) in [6.07, 6.45) is 3.72. The van der Waals surface area contributed by atoms with Gasteiger partial charge < -0.3 is 10.4 Å². The molecule has 1 saturated carbocycles. The molecule has 2 N–H and O–H groups in total. The van der Waals surface area contributed by atoms with Crippen LogP contribution in [0.25, 0.3) is 0 Å². The van der Waals surface area contributed by atoms with Gasteiger partial charge in [0.1, 0.15) is 4.60 Å². The maximum Gasteiger partial charge on any atom is 0.311 e. The van der Waals surface area contributed by atoms with Crippen molar-refractivity contribution in [2.45, 2.75) is 19.3 Å². The molecule has 1 aliphatic carbocycles. The summed E-state index contributed by atoms with van der Waals surface area (Å²) in [6, 6.07) is 3.30. The predicted molar refractivity (Wildman–Crippen MR) is 68.2 cm³/mol. The standard InChI is InChI=1S/C12H13BrN2O3/c13-9-8(3-1-6-14-9)10(16)15-7-12(11(17)18)4-2-5-12/h1,3,6H,2,4-5,7H2,(H,15,16)(H,17,18). The van der Waals surface area contributed by atoms with Crippen molar-refractivity contribution in [2.24, 2.45) is 5.41 Å². The summed E-state index contributed by atoms with van der Waals surface area (Å²) in [5.41, 5.74) is -0.359. The lowest BCUT2D eigenvalue weighted by molar-refractivity contribution is -0.153. The van der Waals surface area contributed by atoms with E-state index in [2.05, 4.69) is 26.2 Å². The molecule has 0 aromatic carbocycles. The van der Waals surface area contributed by atoms with Gasteiger partial charge >= 0.3 is 5.97 Å². The van der Waals surface area contributed by atoms with Gasteiger partial charge in [0, 0.05) is 12.7 Å². The molecule has 2 rings (SSSR count). The Bertz CT molecular complexity index is 486. The van der Waals surface area contributed by atoms with Crippen LogP contribution in [-0.2, 0) is 4.79 Å². The topological polar surface area (TPSA) is 79.3 Å². The van der Waals surface area contributed by atoms with Crippen LogP contribution in [0, 0.1) is 5.41 Å². The molecule has 1 amide bonds. The normalized spacial score (nSPS) is 16.7. The van der Waals surface area contributed by atoms with Gasteiger partial charge in [-0.3, -0.25) is 9.59 Å².